The fourth-order valence-electron chi connectivity index (χ4n) is 3.13. The zero-order valence-electron chi connectivity index (χ0n) is 18.2. The van der Waals surface area contributed by atoms with Crippen LogP contribution < -0.4 is 9.47 Å². The topological polar surface area (TPSA) is 38.7 Å². The van der Waals surface area contributed by atoms with Crippen LogP contribution >= 0.6 is 35.0 Å². The zero-order valence-corrected chi connectivity index (χ0v) is 20.5. The summed E-state index contributed by atoms with van der Waals surface area (Å²) in [5, 5.41) is 10.6. The molecule has 0 radical (unpaired) electrons. The lowest BCUT2D eigenvalue weighted by molar-refractivity contribution is 0.126. The van der Waals surface area contributed by atoms with Crippen LogP contribution in [-0.4, -0.2) is 41.8 Å². The molecular formula is C24H32Cl2O3S. The van der Waals surface area contributed by atoms with Crippen LogP contribution in [0, 0.1) is 6.92 Å². The van der Waals surface area contributed by atoms with Gasteiger partial charge in [-0.05, 0) is 54.0 Å². The highest BCUT2D eigenvalue weighted by Crippen LogP contribution is 2.38. The summed E-state index contributed by atoms with van der Waals surface area (Å²) in [6, 6.07) is 12.2. The lowest BCUT2D eigenvalue weighted by atomic mass is 9.77. The number of thioether (sulfide) groups is 1. The van der Waals surface area contributed by atoms with E-state index in [2.05, 4.69) is 39.0 Å². The average Bonchev–Trinajstić information content (AvgIpc) is 2.72. The van der Waals surface area contributed by atoms with E-state index in [1.165, 1.54) is 0 Å². The van der Waals surface area contributed by atoms with Crippen molar-refractivity contribution in [2.45, 2.75) is 45.6 Å². The summed E-state index contributed by atoms with van der Waals surface area (Å²) in [5.74, 6) is 3.73. The first-order valence-corrected chi connectivity index (χ1v) is 12.3. The van der Waals surface area contributed by atoms with Crippen LogP contribution in [0.15, 0.2) is 36.4 Å². The van der Waals surface area contributed by atoms with Crippen molar-refractivity contribution < 1.29 is 14.6 Å². The first-order valence-electron chi connectivity index (χ1n) is 10.3. The summed E-state index contributed by atoms with van der Waals surface area (Å²) in [4.78, 5) is 0. The molecule has 0 saturated carbocycles. The predicted molar refractivity (Wildman–Crippen MR) is 130 cm³/mol. The van der Waals surface area contributed by atoms with Crippen LogP contribution in [0.2, 0.25) is 5.02 Å². The lowest BCUT2D eigenvalue weighted by Gasteiger charge is -2.28. The van der Waals surface area contributed by atoms with Gasteiger partial charge in [-0.15, -0.1) is 11.6 Å². The lowest BCUT2D eigenvalue weighted by Crippen LogP contribution is -2.21. The molecule has 1 unspecified atom stereocenters. The Bertz CT molecular complexity index is 771. The van der Waals surface area contributed by atoms with Crippen LogP contribution in [0.3, 0.4) is 0 Å². The maximum absolute atomic E-state index is 9.94. The average molecular weight is 471 g/mol. The van der Waals surface area contributed by atoms with E-state index in [-0.39, 0.29) is 5.41 Å². The normalized spacial score (nSPS) is 12.6. The number of benzene rings is 2. The van der Waals surface area contributed by atoms with Crippen molar-refractivity contribution in [1.29, 1.82) is 0 Å². The van der Waals surface area contributed by atoms with Crippen molar-refractivity contribution in [2.24, 2.45) is 0 Å². The molecule has 0 aliphatic rings. The number of rotatable bonds is 12. The number of aliphatic hydroxyl groups is 1. The molecule has 0 amide bonds. The summed E-state index contributed by atoms with van der Waals surface area (Å²) in [6.07, 6.45) is 0.328. The molecule has 1 atom stereocenters. The summed E-state index contributed by atoms with van der Waals surface area (Å²) in [5.41, 5.74) is 3.05. The standard InChI is InChI=1S/C24H32Cl2O3S/c1-5-30-16-20(27)15-29-21-9-7-18(8-10-21)24(3,4)19-13-17(2)23(22(26)14-19)28-12-6-11-25/h7-10,13-14,20,27H,5-6,11-12,15-16H2,1-4H3. The molecule has 166 valence electrons. The van der Waals surface area contributed by atoms with Gasteiger partial charge in [0.2, 0.25) is 0 Å². The molecule has 0 saturated heterocycles. The van der Waals surface area contributed by atoms with Crippen LogP contribution in [0.25, 0.3) is 0 Å². The van der Waals surface area contributed by atoms with Crippen LogP contribution in [0.5, 0.6) is 11.5 Å². The Morgan fingerprint density at radius 2 is 1.80 bits per heavy atom. The maximum atomic E-state index is 9.94. The van der Waals surface area contributed by atoms with Gasteiger partial charge >= 0.3 is 0 Å². The van der Waals surface area contributed by atoms with Crippen molar-refractivity contribution in [3.8, 4) is 11.5 Å². The Kier molecular flexibility index (Phi) is 10.2. The van der Waals surface area contributed by atoms with Gasteiger partial charge in [0.05, 0.1) is 17.7 Å². The van der Waals surface area contributed by atoms with E-state index in [1.54, 1.807) is 11.8 Å². The Balaban J connectivity index is 2.11. The molecule has 3 nitrogen and oxygen atoms in total. The second kappa shape index (κ2) is 12.1. The van der Waals surface area contributed by atoms with E-state index in [0.717, 1.165) is 40.4 Å². The second-order valence-electron chi connectivity index (χ2n) is 7.77. The number of ether oxygens (including phenoxy) is 2. The van der Waals surface area contributed by atoms with Crippen molar-refractivity contribution in [2.75, 3.05) is 30.6 Å². The van der Waals surface area contributed by atoms with Crippen molar-refractivity contribution in [3.63, 3.8) is 0 Å². The molecule has 1 N–H and O–H groups in total. The minimum Gasteiger partial charge on any atom is -0.492 e. The smallest absolute Gasteiger partial charge is 0.140 e. The van der Waals surface area contributed by atoms with Crippen molar-refractivity contribution in [3.05, 3.63) is 58.1 Å². The molecule has 0 spiro atoms. The van der Waals surface area contributed by atoms with Crippen molar-refractivity contribution in [1.82, 2.24) is 0 Å². The fourth-order valence-corrected chi connectivity index (χ4v) is 4.17. The Hall–Kier alpha value is -1.07. The first-order chi connectivity index (χ1) is 14.3. The highest BCUT2D eigenvalue weighted by Gasteiger charge is 2.25. The van der Waals surface area contributed by atoms with Gasteiger partial charge < -0.3 is 14.6 Å². The monoisotopic (exact) mass is 470 g/mol. The molecule has 0 aromatic heterocycles. The minimum absolute atomic E-state index is 0.237. The number of aliphatic hydroxyl groups excluding tert-OH is 1. The number of hydrogen-bond acceptors (Lipinski definition) is 4. The molecule has 2 aromatic carbocycles. The largest absolute Gasteiger partial charge is 0.492 e. The molecule has 30 heavy (non-hydrogen) atoms. The number of hydrogen-bond donors (Lipinski definition) is 1. The number of alkyl halides is 1. The van der Waals surface area contributed by atoms with Gasteiger partial charge in [-0.3, -0.25) is 0 Å². The Labute approximate surface area is 195 Å². The highest BCUT2D eigenvalue weighted by atomic mass is 35.5. The predicted octanol–water partition coefficient (Wildman–Crippen LogP) is 6.47. The van der Waals surface area contributed by atoms with E-state index >= 15 is 0 Å². The highest BCUT2D eigenvalue weighted by molar-refractivity contribution is 7.99. The van der Waals surface area contributed by atoms with E-state index in [9.17, 15) is 5.11 Å². The van der Waals surface area contributed by atoms with Crippen LogP contribution in [0.1, 0.15) is 43.9 Å². The third-order valence-corrected chi connectivity index (χ3v) is 6.58. The molecule has 6 heteroatoms. The Morgan fingerprint density at radius 3 is 2.40 bits per heavy atom. The molecule has 2 rings (SSSR count). The van der Waals surface area contributed by atoms with E-state index in [1.807, 2.05) is 25.1 Å². The van der Waals surface area contributed by atoms with Gasteiger partial charge in [0.15, 0.2) is 0 Å². The van der Waals surface area contributed by atoms with Gasteiger partial charge in [0, 0.05) is 17.0 Å². The van der Waals surface area contributed by atoms with Gasteiger partial charge in [0.25, 0.3) is 0 Å². The van der Waals surface area contributed by atoms with Crippen LogP contribution in [0.4, 0.5) is 0 Å². The maximum Gasteiger partial charge on any atom is 0.140 e. The van der Waals surface area contributed by atoms with E-state index in [4.69, 9.17) is 32.7 Å². The summed E-state index contributed by atoms with van der Waals surface area (Å²) in [6.45, 7) is 9.30. The summed E-state index contributed by atoms with van der Waals surface area (Å²) in [7, 11) is 0. The third-order valence-electron chi connectivity index (χ3n) is 5.01. The molecule has 0 aliphatic carbocycles. The Morgan fingerprint density at radius 1 is 1.10 bits per heavy atom. The first kappa shape index (κ1) is 25.2. The summed E-state index contributed by atoms with van der Waals surface area (Å²) >= 11 is 14.0. The van der Waals surface area contributed by atoms with E-state index < -0.39 is 6.10 Å². The van der Waals surface area contributed by atoms with Gasteiger partial charge in [0.1, 0.15) is 18.1 Å². The zero-order chi connectivity index (χ0) is 22.1. The molecule has 0 aliphatic heterocycles. The SMILES string of the molecule is CCSCC(O)COc1ccc(C(C)(C)c2cc(C)c(OCCCCl)c(Cl)c2)cc1. The van der Waals surface area contributed by atoms with Gasteiger partial charge in [-0.2, -0.15) is 11.8 Å². The molecular weight excluding hydrogens is 439 g/mol. The van der Waals surface area contributed by atoms with Gasteiger partial charge in [-0.25, -0.2) is 0 Å². The third kappa shape index (κ3) is 6.98. The summed E-state index contributed by atoms with van der Waals surface area (Å²) < 4.78 is 11.5. The van der Waals surface area contributed by atoms with Crippen molar-refractivity contribution >= 4 is 35.0 Å². The van der Waals surface area contributed by atoms with E-state index in [0.29, 0.717) is 29.9 Å². The molecule has 0 fully saturated rings. The van der Waals surface area contributed by atoms with Crippen LogP contribution in [-0.2, 0) is 5.41 Å². The minimum atomic E-state index is -0.457. The van der Waals surface area contributed by atoms with Gasteiger partial charge in [-0.1, -0.05) is 50.6 Å². The second-order valence-corrected chi connectivity index (χ2v) is 9.87. The number of halogens is 2. The number of aryl methyl sites for hydroxylation is 1. The fraction of sp³-hybridized carbons (Fsp3) is 0.500. The molecule has 0 bridgehead atoms. The quantitative estimate of drug-likeness (QED) is 0.284. The molecule has 0 heterocycles. The molecule has 2 aromatic rings.